The molecule has 1 fully saturated rings. The molecule has 0 saturated heterocycles. The van der Waals surface area contributed by atoms with Crippen LogP contribution in [0.1, 0.15) is 92.9 Å². The zero-order valence-electron chi connectivity index (χ0n) is 24.4. The SMILES string of the molecule is C/C=C\c1ccc(C=O)cc1C.CC1C[C@H](C)CC[C@H](C)C1.CCc1ccccc1.Cc1ccccc1. The lowest BCUT2D eigenvalue weighted by Crippen LogP contribution is -1.99. The summed E-state index contributed by atoms with van der Waals surface area (Å²) in [6.07, 6.45) is 11.9. The van der Waals surface area contributed by atoms with Crippen molar-refractivity contribution in [3.63, 3.8) is 0 Å². The van der Waals surface area contributed by atoms with Gasteiger partial charge in [-0.05, 0) is 80.5 Å². The van der Waals surface area contributed by atoms with E-state index < -0.39 is 0 Å². The van der Waals surface area contributed by atoms with Crippen LogP contribution in [0.25, 0.3) is 6.08 Å². The van der Waals surface area contributed by atoms with Crippen LogP contribution in [0.4, 0.5) is 0 Å². The molecule has 1 nitrogen and oxygen atoms in total. The molecule has 0 heterocycles. The zero-order chi connectivity index (χ0) is 27.5. The van der Waals surface area contributed by atoms with Gasteiger partial charge >= 0.3 is 0 Å². The van der Waals surface area contributed by atoms with Gasteiger partial charge in [-0.2, -0.15) is 0 Å². The summed E-state index contributed by atoms with van der Waals surface area (Å²) >= 11 is 0. The number of aryl methyl sites for hydroxylation is 3. The van der Waals surface area contributed by atoms with E-state index in [9.17, 15) is 4.79 Å². The highest BCUT2D eigenvalue weighted by Gasteiger charge is 2.17. The van der Waals surface area contributed by atoms with Crippen LogP contribution >= 0.6 is 0 Å². The van der Waals surface area contributed by atoms with Crippen LogP contribution in [-0.4, -0.2) is 6.29 Å². The molecule has 1 aliphatic rings. The summed E-state index contributed by atoms with van der Waals surface area (Å²) in [6, 6.07) is 26.4. The second-order valence-corrected chi connectivity index (χ2v) is 10.6. The highest BCUT2D eigenvalue weighted by molar-refractivity contribution is 5.76. The lowest BCUT2D eigenvalue weighted by atomic mass is 9.95. The predicted octanol–water partition coefficient (Wildman–Crippen LogP) is 10.6. The number of aldehydes is 1. The van der Waals surface area contributed by atoms with E-state index in [1.165, 1.54) is 42.4 Å². The Labute approximate surface area is 228 Å². The Morgan fingerprint density at radius 3 is 1.68 bits per heavy atom. The third kappa shape index (κ3) is 15.0. The van der Waals surface area contributed by atoms with Crippen molar-refractivity contribution in [1.82, 2.24) is 0 Å². The molecule has 0 radical (unpaired) electrons. The molecule has 0 bridgehead atoms. The van der Waals surface area contributed by atoms with Gasteiger partial charge in [0, 0.05) is 5.56 Å². The molecule has 0 aliphatic heterocycles. The smallest absolute Gasteiger partial charge is 0.150 e. The lowest BCUT2D eigenvalue weighted by Gasteiger charge is -2.11. The fourth-order valence-corrected chi connectivity index (χ4v) is 4.66. The molecule has 200 valence electrons. The number of hydrogen-bond donors (Lipinski definition) is 0. The number of carbonyl (C=O) groups is 1. The van der Waals surface area contributed by atoms with E-state index in [1.807, 2.05) is 68.5 Å². The Bertz CT molecular complexity index is 991. The van der Waals surface area contributed by atoms with E-state index in [0.717, 1.165) is 41.6 Å². The normalized spacial score (nSPS) is 18.6. The maximum absolute atomic E-state index is 10.4. The van der Waals surface area contributed by atoms with Gasteiger partial charge < -0.3 is 0 Å². The summed E-state index contributed by atoms with van der Waals surface area (Å²) in [4.78, 5) is 10.4. The van der Waals surface area contributed by atoms with Gasteiger partial charge in [0.15, 0.2) is 0 Å². The first-order valence-electron chi connectivity index (χ1n) is 14.0. The highest BCUT2D eigenvalue weighted by Crippen LogP contribution is 2.30. The molecule has 37 heavy (non-hydrogen) atoms. The third-order valence-corrected chi connectivity index (χ3v) is 6.73. The van der Waals surface area contributed by atoms with Crippen molar-refractivity contribution in [3.8, 4) is 0 Å². The van der Waals surface area contributed by atoms with E-state index in [0.29, 0.717) is 0 Å². The lowest BCUT2D eigenvalue weighted by molar-refractivity contribution is 0.112. The summed E-state index contributed by atoms with van der Waals surface area (Å²) in [7, 11) is 0. The van der Waals surface area contributed by atoms with Gasteiger partial charge in [0.1, 0.15) is 6.29 Å². The molecular formula is C36H50O. The molecule has 4 rings (SSSR count). The van der Waals surface area contributed by atoms with Gasteiger partial charge in [-0.3, -0.25) is 4.79 Å². The number of benzene rings is 3. The molecule has 0 aromatic heterocycles. The van der Waals surface area contributed by atoms with Gasteiger partial charge in [0.05, 0.1) is 0 Å². The van der Waals surface area contributed by atoms with Gasteiger partial charge in [-0.1, -0.05) is 131 Å². The molecule has 3 aromatic rings. The summed E-state index contributed by atoms with van der Waals surface area (Å²) in [6.45, 7) is 15.4. The zero-order valence-corrected chi connectivity index (χ0v) is 24.4. The van der Waals surface area contributed by atoms with Crippen molar-refractivity contribution in [2.75, 3.05) is 0 Å². The number of carbonyl (C=O) groups excluding carboxylic acids is 1. The summed E-state index contributed by atoms with van der Waals surface area (Å²) in [5, 5.41) is 0. The third-order valence-electron chi connectivity index (χ3n) is 6.73. The van der Waals surface area contributed by atoms with Crippen molar-refractivity contribution in [2.24, 2.45) is 17.8 Å². The van der Waals surface area contributed by atoms with Crippen molar-refractivity contribution in [2.45, 2.75) is 80.6 Å². The van der Waals surface area contributed by atoms with E-state index in [-0.39, 0.29) is 0 Å². The molecule has 3 atom stereocenters. The topological polar surface area (TPSA) is 17.1 Å². The summed E-state index contributed by atoms with van der Waals surface area (Å²) in [5.74, 6) is 2.95. The van der Waals surface area contributed by atoms with Crippen LogP contribution in [0.3, 0.4) is 0 Å². The molecule has 1 heteroatoms. The van der Waals surface area contributed by atoms with Crippen LogP contribution in [0.5, 0.6) is 0 Å². The minimum absolute atomic E-state index is 0.737. The van der Waals surface area contributed by atoms with Gasteiger partial charge in [0.25, 0.3) is 0 Å². The number of hydrogen-bond acceptors (Lipinski definition) is 1. The Hall–Kier alpha value is -2.93. The van der Waals surface area contributed by atoms with E-state index in [2.05, 4.69) is 71.0 Å². The maximum Gasteiger partial charge on any atom is 0.150 e. The van der Waals surface area contributed by atoms with Crippen molar-refractivity contribution in [1.29, 1.82) is 0 Å². The Morgan fingerprint density at radius 1 is 0.757 bits per heavy atom. The molecular weight excluding hydrogens is 448 g/mol. The number of allylic oxidation sites excluding steroid dienone is 1. The summed E-state index contributed by atoms with van der Waals surface area (Å²) < 4.78 is 0. The standard InChI is InChI=1S/C11H12O.C10H20.C8H10.C7H8/c1-3-4-11-6-5-10(8-12)7-9(11)2;1-8-4-5-9(2)7-10(3)6-8;1-2-8-6-4-3-5-7-8;1-7-5-3-2-4-6-7/h3-8H,1-2H3;8-10H,4-7H2,1-3H3;3-7H,2H2,1H3;2-6H,1H3/b4-3-;;;/t;8-,9+,10?;;. The molecule has 1 unspecified atom stereocenters. The molecule has 1 saturated carbocycles. The second-order valence-electron chi connectivity index (χ2n) is 10.6. The average Bonchev–Trinajstić information content (AvgIpc) is 3.05. The van der Waals surface area contributed by atoms with E-state index >= 15 is 0 Å². The number of rotatable bonds is 3. The van der Waals surface area contributed by atoms with E-state index in [1.54, 1.807) is 0 Å². The molecule has 0 spiro atoms. The Morgan fingerprint density at radius 2 is 1.30 bits per heavy atom. The van der Waals surface area contributed by atoms with E-state index in [4.69, 9.17) is 0 Å². The van der Waals surface area contributed by atoms with Crippen LogP contribution in [-0.2, 0) is 6.42 Å². The minimum Gasteiger partial charge on any atom is -0.298 e. The Kier molecular flexibility index (Phi) is 16.7. The van der Waals surface area contributed by atoms with Crippen molar-refractivity contribution < 1.29 is 4.79 Å². The van der Waals surface area contributed by atoms with Crippen LogP contribution in [0, 0.1) is 31.6 Å². The molecule has 0 amide bonds. The van der Waals surface area contributed by atoms with Gasteiger partial charge in [0.2, 0.25) is 0 Å². The van der Waals surface area contributed by atoms with Crippen LogP contribution in [0.15, 0.2) is 84.9 Å². The monoisotopic (exact) mass is 498 g/mol. The summed E-state index contributed by atoms with van der Waals surface area (Å²) in [5.41, 5.74) is 5.77. The Balaban J connectivity index is 0.000000252. The minimum atomic E-state index is 0.737. The van der Waals surface area contributed by atoms with Crippen molar-refractivity contribution >= 4 is 12.4 Å². The first-order valence-corrected chi connectivity index (χ1v) is 14.0. The highest BCUT2D eigenvalue weighted by atomic mass is 16.1. The quantitative estimate of drug-likeness (QED) is 0.259. The first kappa shape index (κ1) is 32.1. The van der Waals surface area contributed by atoms with Crippen LogP contribution < -0.4 is 0 Å². The average molecular weight is 499 g/mol. The fourth-order valence-electron chi connectivity index (χ4n) is 4.66. The molecule has 3 aromatic carbocycles. The van der Waals surface area contributed by atoms with Gasteiger partial charge in [-0.15, -0.1) is 0 Å². The maximum atomic E-state index is 10.4. The second kappa shape index (κ2) is 19.2. The predicted molar refractivity (Wildman–Crippen MR) is 164 cm³/mol. The molecule has 0 N–H and O–H groups in total. The van der Waals surface area contributed by atoms with Crippen LogP contribution in [0.2, 0.25) is 0 Å². The van der Waals surface area contributed by atoms with Gasteiger partial charge in [-0.25, -0.2) is 0 Å². The van der Waals surface area contributed by atoms with Crippen molar-refractivity contribution in [3.05, 3.63) is 113 Å². The first-order chi connectivity index (χ1) is 17.8. The fraction of sp³-hybridized carbons (Fsp3) is 0.417. The molecule has 1 aliphatic carbocycles. The largest absolute Gasteiger partial charge is 0.298 e.